The van der Waals surface area contributed by atoms with Crippen molar-refractivity contribution in [1.29, 1.82) is 0 Å². The fraction of sp³-hybridized carbons (Fsp3) is 0.893. The molecule has 35 heavy (non-hydrogen) atoms. The molecule has 1 N–H and O–H groups in total. The molecule has 5 rings (SSSR count). The molecule has 4 bridgehead atoms. The molecule has 7 nitrogen and oxygen atoms in total. The fourth-order valence-corrected chi connectivity index (χ4v) is 7.74. The van der Waals surface area contributed by atoms with Crippen molar-refractivity contribution in [3.05, 3.63) is 0 Å². The van der Waals surface area contributed by atoms with E-state index in [1.165, 1.54) is 19.3 Å². The third-order valence-electron chi connectivity index (χ3n) is 9.10. The lowest BCUT2D eigenvalue weighted by molar-refractivity contribution is -0.201. The van der Waals surface area contributed by atoms with E-state index >= 15 is 0 Å². The largest absolute Gasteiger partial charge is 0.481 e. The van der Waals surface area contributed by atoms with Crippen LogP contribution in [0.3, 0.4) is 0 Å². The number of hydrogen-bond acceptors (Lipinski definition) is 6. The van der Waals surface area contributed by atoms with Crippen LogP contribution in [0.25, 0.3) is 0 Å². The van der Waals surface area contributed by atoms with Crippen LogP contribution in [0.1, 0.15) is 105 Å². The van der Waals surface area contributed by atoms with Gasteiger partial charge in [-0.2, -0.15) is 0 Å². The van der Waals surface area contributed by atoms with Crippen LogP contribution in [0.15, 0.2) is 0 Å². The second kappa shape index (κ2) is 10.0. The first-order valence-corrected chi connectivity index (χ1v) is 13.7. The second-order valence-corrected chi connectivity index (χ2v) is 13.0. The molecule has 0 aromatic heterocycles. The standard InChI is InChI=1S/C28H44O7/c1-5-21(23(29)35-28-13-18-10-19(14-28)12-20(11-18)15-28)16-27(4,17-26(2,3)24(30)31)25(32)34-22-8-6-7-9-33-22/h18-22H,5-17H2,1-4H3,(H,30,31). The molecule has 1 aliphatic heterocycles. The Bertz CT molecular complexity index is 777. The van der Waals surface area contributed by atoms with Gasteiger partial charge >= 0.3 is 17.9 Å². The summed E-state index contributed by atoms with van der Waals surface area (Å²) in [5, 5.41) is 9.78. The average Bonchev–Trinajstić information content (AvgIpc) is 2.76. The van der Waals surface area contributed by atoms with Crippen molar-refractivity contribution in [2.75, 3.05) is 6.61 Å². The predicted octanol–water partition coefficient (Wildman–Crippen LogP) is 5.49. The van der Waals surface area contributed by atoms with Crippen molar-refractivity contribution < 1.29 is 33.7 Å². The number of carbonyl (C=O) groups is 3. The molecule has 3 unspecified atom stereocenters. The number of aliphatic carboxylic acids is 1. The third kappa shape index (κ3) is 5.86. The quantitative estimate of drug-likeness (QED) is 0.402. The minimum absolute atomic E-state index is 0.0715. The van der Waals surface area contributed by atoms with Crippen LogP contribution < -0.4 is 0 Å². The summed E-state index contributed by atoms with van der Waals surface area (Å²) in [6.07, 6.45) is 9.39. The summed E-state index contributed by atoms with van der Waals surface area (Å²) in [5.74, 6) is -0.189. The van der Waals surface area contributed by atoms with E-state index < -0.39 is 35.0 Å². The van der Waals surface area contributed by atoms with Crippen molar-refractivity contribution in [3.63, 3.8) is 0 Å². The zero-order chi connectivity index (χ0) is 25.4. The summed E-state index contributed by atoms with van der Waals surface area (Å²) in [6, 6.07) is 0. The Hall–Kier alpha value is -1.63. The minimum Gasteiger partial charge on any atom is -0.481 e. The normalized spacial score (nSPS) is 34.6. The van der Waals surface area contributed by atoms with E-state index in [2.05, 4.69) is 0 Å². The highest BCUT2D eigenvalue weighted by Crippen LogP contribution is 2.57. The molecule has 7 heteroatoms. The number of carboxylic acids is 1. The van der Waals surface area contributed by atoms with E-state index in [1.54, 1.807) is 20.8 Å². The highest BCUT2D eigenvalue weighted by atomic mass is 16.7. The van der Waals surface area contributed by atoms with Crippen LogP contribution >= 0.6 is 0 Å². The smallest absolute Gasteiger partial charge is 0.314 e. The molecule has 4 aliphatic carbocycles. The lowest BCUT2D eigenvalue weighted by Gasteiger charge is -2.56. The van der Waals surface area contributed by atoms with Crippen molar-refractivity contribution in [3.8, 4) is 0 Å². The van der Waals surface area contributed by atoms with Gasteiger partial charge in [-0.05, 0) is 109 Å². The van der Waals surface area contributed by atoms with E-state index in [1.807, 2.05) is 6.92 Å². The predicted molar refractivity (Wildman–Crippen MR) is 129 cm³/mol. The number of hydrogen-bond donors (Lipinski definition) is 1. The molecule has 0 radical (unpaired) electrons. The lowest BCUT2D eigenvalue weighted by atomic mass is 9.54. The maximum atomic E-state index is 13.5. The summed E-state index contributed by atoms with van der Waals surface area (Å²) < 4.78 is 17.7. The Labute approximate surface area is 209 Å². The van der Waals surface area contributed by atoms with Crippen LogP contribution in [-0.4, -0.2) is 41.5 Å². The molecule has 3 atom stereocenters. The molecular weight excluding hydrogens is 448 g/mol. The van der Waals surface area contributed by atoms with Gasteiger partial charge in [0, 0.05) is 6.42 Å². The molecular formula is C28H44O7. The molecule has 0 spiro atoms. The molecule has 1 saturated heterocycles. The van der Waals surface area contributed by atoms with Gasteiger partial charge in [-0.3, -0.25) is 14.4 Å². The average molecular weight is 493 g/mol. The molecule has 0 aromatic carbocycles. The van der Waals surface area contributed by atoms with Gasteiger partial charge in [0.1, 0.15) is 5.60 Å². The van der Waals surface area contributed by atoms with E-state index in [0.29, 0.717) is 37.2 Å². The molecule has 5 aliphatic rings. The van der Waals surface area contributed by atoms with Crippen molar-refractivity contribution >= 4 is 17.9 Å². The lowest BCUT2D eigenvalue weighted by Crippen LogP contribution is -2.53. The van der Waals surface area contributed by atoms with Crippen molar-refractivity contribution in [2.24, 2.45) is 34.5 Å². The van der Waals surface area contributed by atoms with Crippen LogP contribution in [-0.2, 0) is 28.6 Å². The Balaban J connectivity index is 1.49. The Kier molecular flexibility index (Phi) is 7.57. The van der Waals surface area contributed by atoms with Crippen LogP contribution in [0.2, 0.25) is 0 Å². The van der Waals surface area contributed by atoms with Crippen LogP contribution in [0.5, 0.6) is 0 Å². The molecule has 0 aromatic rings. The maximum Gasteiger partial charge on any atom is 0.314 e. The molecule has 5 fully saturated rings. The fourth-order valence-electron chi connectivity index (χ4n) is 7.74. The van der Waals surface area contributed by atoms with Crippen LogP contribution in [0, 0.1) is 34.5 Å². The third-order valence-corrected chi connectivity index (χ3v) is 9.10. The van der Waals surface area contributed by atoms with E-state index in [4.69, 9.17) is 14.2 Å². The monoisotopic (exact) mass is 492 g/mol. The first kappa shape index (κ1) is 26.4. The van der Waals surface area contributed by atoms with Gasteiger partial charge in [0.25, 0.3) is 0 Å². The molecule has 4 saturated carbocycles. The number of esters is 2. The number of carboxylic acid groups (broad SMARTS) is 1. The molecule has 1 heterocycles. The Morgan fingerprint density at radius 2 is 1.63 bits per heavy atom. The highest BCUT2D eigenvalue weighted by Gasteiger charge is 2.54. The molecule has 198 valence electrons. The van der Waals surface area contributed by atoms with Gasteiger partial charge < -0.3 is 19.3 Å². The van der Waals surface area contributed by atoms with Crippen LogP contribution in [0.4, 0.5) is 0 Å². The van der Waals surface area contributed by atoms with E-state index in [9.17, 15) is 19.5 Å². The highest BCUT2D eigenvalue weighted by molar-refractivity contribution is 5.81. The van der Waals surface area contributed by atoms with Crippen molar-refractivity contribution in [2.45, 2.75) is 117 Å². The van der Waals surface area contributed by atoms with Gasteiger partial charge in [-0.15, -0.1) is 0 Å². The summed E-state index contributed by atoms with van der Waals surface area (Å²) >= 11 is 0. The van der Waals surface area contributed by atoms with Crippen molar-refractivity contribution in [1.82, 2.24) is 0 Å². The van der Waals surface area contributed by atoms with E-state index in [-0.39, 0.29) is 24.4 Å². The molecule has 0 amide bonds. The number of ether oxygens (including phenoxy) is 3. The zero-order valence-electron chi connectivity index (χ0n) is 22.0. The van der Waals surface area contributed by atoms with Gasteiger partial charge in [0.05, 0.1) is 23.4 Å². The second-order valence-electron chi connectivity index (χ2n) is 13.0. The van der Waals surface area contributed by atoms with Gasteiger partial charge in [0.15, 0.2) is 0 Å². The SMILES string of the molecule is CCC(CC(C)(CC(C)(C)C(=O)O)C(=O)OC1CCCCO1)C(=O)OC12CC3CC(CC(C3)C1)C2. The summed E-state index contributed by atoms with van der Waals surface area (Å²) in [7, 11) is 0. The van der Waals surface area contributed by atoms with Gasteiger partial charge in [-0.1, -0.05) is 6.92 Å². The summed E-state index contributed by atoms with van der Waals surface area (Å²) in [6.45, 7) is 7.46. The first-order chi connectivity index (χ1) is 16.4. The number of rotatable bonds is 10. The Morgan fingerprint density at radius 3 is 2.11 bits per heavy atom. The number of carbonyl (C=O) groups excluding carboxylic acids is 2. The summed E-state index contributed by atoms with van der Waals surface area (Å²) in [5.41, 5.74) is -2.64. The minimum atomic E-state index is -1.15. The maximum absolute atomic E-state index is 13.5. The van der Waals surface area contributed by atoms with E-state index in [0.717, 1.165) is 32.1 Å². The van der Waals surface area contributed by atoms with Gasteiger partial charge in [0.2, 0.25) is 6.29 Å². The van der Waals surface area contributed by atoms with Gasteiger partial charge in [-0.25, -0.2) is 0 Å². The topological polar surface area (TPSA) is 99.1 Å². The Morgan fingerprint density at radius 1 is 1.03 bits per heavy atom. The zero-order valence-corrected chi connectivity index (χ0v) is 22.0. The first-order valence-electron chi connectivity index (χ1n) is 13.7. The summed E-state index contributed by atoms with van der Waals surface area (Å²) in [4.78, 5) is 39.0.